The summed E-state index contributed by atoms with van der Waals surface area (Å²) in [5, 5.41) is 12.8. The maximum Gasteiger partial charge on any atom is 0.322 e. The molecule has 7 nitrogen and oxygen atoms in total. The molecule has 2 amide bonds. The zero-order valence-electron chi connectivity index (χ0n) is 11.3. The highest BCUT2D eigenvalue weighted by atomic mass is 16.4. The number of amides is 2. The van der Waals surface area contributed by atoms with Crippen LogP contribution in [0.5, 0.6) is 0 Å². The number of benzene rings is 1. The van der Waals surface area contributed by atoms with E-state index >= 15 is 0 Å². The van der Waals surface area contributed by atoms with Gasteiger partial charge in [-0.2, -0.15) is 0 Å². The Bertz CT molecular complexity index is 527. The second kappa shape index (κ2) is 8.47. The lowest BCUT2D eigenvalue weighted by molar-refractivity contribution is -0.137. The predicted molar refractivity (Wildman–Crippen MR) is 73.7 cm³/mol. The molecule has 0 saturated carbocycles. The van der Waals surface area contributed by atoms with Gasteiger partial charge in [-0.1, -0.05) is 30.3 Å². The molecule has 0 saturated heterocycles. The third-order valence-corrected chi connectivity index (χ3v) is 2.56. The van der Waals surface area contributed by atoms with Crippen molar-refractivity contribution in [1.29, 1.82) is 0 Å². The fraction of sp³-hybridized carbons (Fsp3) is 0.286. The molecule has 0 bridgehead atoms. The van der Waals surface area contributed by atoms with Gasteiger partial charge in [-0.25, -0.2) is 0 Å². The van der Waals surface area contributed by atoms with Crippen molar-refractivity contribution in [3.8, 4) is 0 Å². The van der Waals surface area contributed by atoms with E-state index in [2.05, 4.69) is 10.6 Å². The molecule has 0 unspecified atom stereocenters. The molecule has 1 rings (SSSR count). The number of carbonyl (C=O) groups excluding carboxylic acids is 3. The molecule has 3 N–H and O–H groups in total. The van der Waals surface area contributed by atoms with Crippen LogP contribution in [0.3, 0.4) is 0 Å². The number of rotatable bonds is 8. The highest BCUT2D eigenvalue weighted by Gasteiger charge is 2.10. The Morgan fingerprint density at radius 2 is 1.48 bits per heavy atom. The van der Waals surface area contributed by atoms with Crippen LogP contribution < -0.4 is 10.6 Å². The second-order valence-corrected chi connectivity index (χ2v) is 4.24. The molecule has 0 aliphatic heterocycles. The van der Waals surface area contributed by atoms with Gasteiger partial charge in [0.2, 0.25) is 11.8 Å². The summed E-state index contributed by atoms with van der Waals surface area (Å²) in [7, 11) is 0. The summed E-state index contributed by atoms with van der Waals surface area (Å²) in [4.78, 5) is 44.6. The fourth-order valence-electron chi connectivity index (χ4n) is 1.50. The first-order chi connectivity index (χ1) is 9.99. The molecule has 0 radical (unpaired) electrons. The number of hydrogen-bond acceptors (Lipinski definition) is 4. The average Bonchev–Trinajstić information content (AvgIpc) is 2.49. The van der Waals surface area contributed by atoms with Gasteiger partial charge < -0.3 is 15.7 Å². The predicted octanol–water partition coefficient (Wildman–Crippen LogP) is -0.0335. The minimum absolute atomic E-state index is 0.0278. The average molecular weight is 292 g/mol. The number of hydrogen-bond donors (Lipinski definition) is 3. The molecule has 7 heteroatoms. The standard InChI is InChI=1S/C14H16N2O5/c17-11(10-4-2-1-3-5-10)6-7-12(18)15-8-13(19)16-9-14(20)21/h1-5H,6-9H2,(H,15,18)(H,16,19)(H,20,21). The number of Topliss-reactive ketones (excluding diaryl/α,β-unsaturated/α-hetero) is 1. The molecule has 0 atom stereocenters. The Balaban J connectivity index is 2.24. The third kappa shape index (κ3) is 6.86. The molecule has 1 aromatic carbocycles. The van der Waals surface area contributed by atoms with E-state index in [1.165, 1.54) is 0 Å². The summed E-state index contributed by atoms with van der Waals surface area (Å²) in [6.07, 6.45) is 0.0204. The third-order valence-electron chi connectivity index (χ3n) is 2.56. The summed E-state index contributed by atoms with van der Waals surface area (Å²) >= 11 is 0. The first kappa shape index (κ1) is 16.4. The summed E-state index contributed by atoms with van der Waals surface area (Å²) in [6, 6.07) is 8.60. The summed E-state index contributed by atoms with van der Waals surface area (Å²) in [5.41, 5.74) is 0.532. The Hall–Kier alpha value is -2.70. The summed E-state index contributed by atoms with van der Waals surface area (Å²) in [5.74, 6) is -2.35. The summed E-state index contributed by atoms with van der Waals surface area (Å²) in [6.45, 7) is -0.813. The van der Waals surface area contributed by atoms with Crippen molar-refractivity contribution in [3.05, 3.63) is 35.9 Å². The highest BCUT2D eigenvalue weighted by Crippen LogP contribution is 2.04. The SMILES string of the molecule is O=C(O)CNC(=O)CNC(=O)CCC(=O)c1ccccc1. The van der Waals surface area contributed by atoms with Gasteiger partial charge in [0.05, 0.1) is 6.54 Å². The number of aliphatic carboxylic acids is 1. The normalized spacial score (nSPS) is 9.71. The quantitative estimate of drug-likeness (QED) is 0.582. The van der Waals surface area contributed by atoms with Crippen LogP contribution in [0.1, 0.15) is 23.2 Å². The van der Waals surface area contributed by atoms with Crippen LogP contribution in [0.4, 0.5) is 0 Å². The van der Waals surface area contributed by atoms with E-state index < -0.39 is 24.3 Å². The van der Waals surface area contributed by atoms with Crippen molar-refractivity contribution in [1.82, 2.24) is 10.6 Å². The van der Waals surface area contributed by atoms with E-state index in [4.69, 9.17) is 5.11 Å². The Kier molecular flexibility index (Phi) is 6.59. The van der Waals surface area contributed by atoms with Crippen LogP contribution in [0.25, 0.3) is 0 Å². The lowest BCUT2D eigenvalue weighted by atomic mass is 10.1. The Morgan fingerprint density at radius 1 is 0.857 bits per heavy atom. The topological polar surface area (TPSA) is 113 Å². The Morgan fingerprint density at radius 3 is 2.10 bits per heavy atom. The van der Waals surface area contributed by atoms with Gasteiger partial charge in [-0.15, -0.1) is 0 Å². The molecule has 0 aliphatic rings. The molecule has 112 valence electrons. The second-order valence-electron chi connectivity index (χ2n) is 4.24. The molecule has 0 aliphatic carbocycles. The molecule has 21 heavy (non-hydrogen) atoms. The van der Waals surface area contributed by atoms with Crippen LogP contribution >= 0.6 is 0 Å². The minimum atomic E-state index is -1.16. The van der Waals surface area contributed by atoms with E-state index in [9.17, 15) is 19.2 Å². The van der Waals surface area contributed by atoms with Gasteiger partial charge in [0.25, 0.3) is 0 Å². The van der Waals surface area contributed by atoms with Crippen LogP contribution in [-0.2, 0) is 14.4 Å². The number of carboxylic acid groups (broad SMARTS) is 1. The van der Waals surface area contributed by atoms with Gasteiger partial charge in [-0.3, -0.25) is 19.2 Å². The Labute approximate surface area is 121 Å². The van der Waals surface area contributed by atoms with Crippen molar-refractivity contribution in [3.63, 3.8) is 0 Å². The first-order valence-corrected chi connectivity index (χ1v) is 6.32. The van der Waals surface area contributed by atoms with Gasteiger partial charge in [-0.05, 0) is 0 Å². The zero-order chi connectivity index (χ0) is 15.7. The number of carboxylic acids is 1. The van der Waals surface area contributed by atoms with Crippen molar-refractivity contribution < 1.29 is 24.3 Å². The molecule has 1 aromatic rings. The van der Waals surface area contributed by atoms with Crippen molar-refractivity contribution in [2.75, 3.05) is 13.1 Å². The number of nitrogens with one attached hydrogen (secondary N) is 2. The first-order valence-electron chi connectivity index (χ1n) is 6.32. The van der Waals surface area contributed by atoms with Gasteiger partial charge in [0.1, 0.15) is 6.54 Å². The lowest BCUT2D eigenvalue weighted by Gasteiger charge is -2.05. The molecule has 0 fully saturated rings. The van der Waals surface area contributed by atoms with E-state index in [0.29, 0.717) is 5.56 Å². The van der Waals surface area contributed by atoms with Gasteiger partial charge in [0.15, 0.2) is 5.78 Å². The highest BCUT2D eigenvalue weighted by molar-refractivity contribution is 5.98. The molecular weight excluding hydrogens is 276 g/mol. The molecule has 0 aromatic heterocycles. The van der Waals surface area contributed by atoms with Crippen molar-refractivity contribution in [2.45, 2.75) is 12.8 Å². The van der Waals surface area contributed by atoms with E-state index in [0.717, 1.165) is 0 Å². The molecular formula is C14H16N2O5. The van der Waals surface area contributed by atoms with E-state index in [-0.39, 0.29) is 25.2 Å². The van der Waals surface area contributed by atoms with Crippen LogP contribution in [0.2, 0.25) is 0 Å². The maximum atomic E-state index is 11.7. The van der Waals surface area contributed by atoms with Crippen LogP contribution in [0.15, 0.2) is 30.3 Å². The lowest BCUT2D eigenvalue weighted by Crippen LogP contribution is -2.39. The van der Waals surface area contributed by atoms with Gasteiger partial charge in [0, 0.05) is 18.4 Å². The number of ketones is 1. The van der Waals surface area contributed by atoms with E-state index in [1.54, 1.807) is 30.3 Å². The molecule has 0 spiro atoms. The minimum Gasteiger partial charge on any atom is -0.480 e. The zero-order valence-corrected chi connectivity index (χ0v) is 11.3. The van der Waals surface area contributed by atoms with Crippen molar-refractivity contribution >= 4 is 23.6 Å². The number of carbonyl (C=O) groups is 4. The largest absolute Gasteiger partial charge is 0.480 e. The summed E-state index contributed by atoms with van der Waals surface area (Å²) < 4.78 is 0. The maximum absolute atomic E-state index is 11.7. The van der Waals surface area contributed by atoms with E-state index in [1.807, 2.05) is 0 Å². The van der Waals surface area contributed by atoms with Crippen molar-refractivity contribution in [2.24, 2.45) is 0 Å². The monoisotopic (exact) mass is 292 g/mol. The van der Waals surface area contributed by atoms with Crippen LogP contribution in [0, 0.1) is 0 Å². The smallest absolute Gasteiger partial charge is 0.322 e. The molecule has 0 heterocycles. The van der Waals surface area contributed by atoms with Crippen LogP contribution in [-0.4, -0.2) is 41.8 Å². The fourth-order valence-corrected chi connectivity index (χ4v) is 1.50. The van der Waals surface area contributed by atoms with Gasteiger partial charge >= 0.3 is 5.97 Å².